The van der Waals surface area contributed by atoms with E-state index in [2.05, 4.69) is 91.8 Å². The number of allylic oxidation sites excluding steroid dienone is 3. The van der Waals surface area contributed by atoms with E-state index in [1.807, 2.05) is 6.08 Å². The van der Waals surface area contributed by atoms with Gasteiger partial charge in [0.05, 0.1) is 6.61 Å². The van der Waals surface area contributed by atoms with E-state index in [-0.39, 0.29) is 11.0 Å². The van der Waals surface area contributed by atoms with Crippen LogP contribution in [0.15, 0.2) is 58.2 Å². The topological polar surface area (TPSA) is 53.3 Å². The Morgan fingerprint density at radius 1 is 1.17 bits per heavy atom. The van der Waals surface area contributed by atoms with E-state index >= 15 is 0 Å². The molecule has 0 spiro atoms. The van der Waals surface area contributed by atoms with Gasteiger partial charge in [0.1, 0.15) is 11.6 Å². The van der Waals surface area contributed by atoms with Crippen molar-refractivity contribution >= 4 is 38.4 Å². The Bertz CT molecular complexity index is 1190. The summed E-state index contributed by atoms with van der Waals surface area (Å²) in [5.74, 6) is -0.193. The van der Waals surface area contributed by atoms with Gasteiger partial charge in [-0.15, -0.1) is 0 Å². The van der Waals surface area contributed by atoms with Gasteiger partial charge in [-0.2, -0.15) is 5.26 Å². The highest BCUT2D eigenvalue weighted by Crippen LogP contribution is 2.51. The van der Waals surface area contributed by atoms with Crippen molar-refractivity contribution in [2.75, 3.05) is 18.1 Å². The maximum absolute atomic E-state index is 12.8. The Hall–Kier alpha value is -2.58. The molecule has 3 rings (SSSR count). The maximum atomic E-state index is 12.8. The maximum Gasteiger partial charge on any atom is 0.348 e. The summed E-state index contributed by atoms with van der Waals surface area (Å²) >= 11 is 3.60. The summed E-state index contributed by atoms with van der Waals surface area (Å²) in [7, 11) is 0. The quantitative estimate of drug-likeness (QED) is 0.159. The van der Waals surface area contributed by atoms with Crippen LogP contribution in [0.5, 0.6) is 0 Å². The molecule has 1 aliphatic rings. The van der Waals surface area contributed by atoms with Crippen LogP contribution in [0.25, 0.3) is 10.8 Å². The lowest BCUT2D eigenvalue weighted by Gasteiger charge is -2.27. The first-order valence-corrected chi connectivity index (χ1v) is 14.1. The zero-order chi connectivity index (χ0) is 26.3. The molecule has 1 heterocycles. The summed E-state index contributed by atoms with van der Waals surface area (Å²) in [5, 5.41) is 12.2. The average Bonchev–Trinajstić information content (AvgIpc) is 3.08. The normalized spacial score (nSPS) is 16.8. The molecular formula is C31H39BrN2O2. The van der Waals surface area contributed by atoms with Crippen LogP contribution in [-0.2, 0) is 14.9 Å². The molecule has 0 saturated carbocycles. The van der Waals surface area contributed by atoms with Crippen LogP contribution >= 0.6 is 15.9 Å². The first-order valence-electron chi connectivity index (χ1n) is 13.3. The van der Waals surface area contributed by atoms with Gasteiger partial charge in [-0.3, -0.25) is 0 Å². The molecule has 0 aliphatic carbocycles. The van der Waals surface area contributed by atoms with Crippen LogP contribution in [0.2, 0.25) is 0 Å². The van der Waals surface area contributed by atoms with Crippen molar-refractivity contribution < 1.29 is 9.53 Å². The predicted molar refractivity (Wildman–Crippen MR) is 153 cm³/mol. The number of unbranched alkanes of at least 4 members (excludes halogenated alkanes) is 2. The molecule has 0 radical (unpaired) electrons. The van der Waals surface area contributed by atoms with Gasteiger partial charge < -0.3 is 9.64 Å². The Kier molecular flexibility index (Phi) is 9.79. The molecule has 0 amide bonds. The summed E-state index contributed by atoms with van der Waals surface area (Å²) < 4.78 is 6.62. The number of hydrogen-bond acceptors (Lipinski definition) is 4. The molecule has 5 heteroatoms. The molecule has 36 heavy (non-hydrogen) atoms. The molecule has 192 valence electrons. The summed E-state index contributed by atoms with van der Waals surface area (Å²) in [6, 6.07) is 12.9. The Labute approximate surface area is 225 Å². The van der Waals surface area contributed by atoms with Crippen LogP contribution in [0.3, 0.4) is 0 Å². The number of nitriles is 1. The molecule has 2 aromatic rings. The second-order valence-corrected chi connectivity index (χ2v) is 11.1. The summed E-state index contributed by atoms with van der Waals surface area (Å²) in [6.07, 6.45) is 10.00. The van der Waals surface area contributed by atoms with E-state index in [0.29, 0.717) is 12.5 Å². The predicted octanol–water partition coefficient (Wildman–Crippen LogP) is 8.59. The third-order valence-corrected chi connectivity index (χ3v) is 7.78. The van der Waals surface area contributed by atoms with Crippen molar-refractivity contribution in [3.63, 3.8) is 0 Å². The van der Waals surface area contributed by atoms with Gasteiger partial charge in [-0.1, -0.05) is 88.4 Å². The van der Waals surface area contributed by atoms with Gasteiger partial charge in [-0.05, 0) is 65.4 Å². The van der Waals surface area contributed by atoms with Gasteiger partial charge in [0, 0.05) is 27.8 Å². The number of esters is 1. The smallest absolute Gasteiger partial charge is 0.348 e. The van der Waals surface area contributed by atoms with Crippen molar-refractivity contribution in [3.8, 4) is 6.07 Å². The highest BCUT2D eigenvalue weighted by atomic mass is 79.9. The van der Waals surface area contributed by atoms with Crippen LogP contribution in [0.4, 0.5) is 5.69 Å². The summed E-state index contributed by atoms with van der Waals surface area (Å²) in [6.45, 7) is 12.2. The highest BCUT2D eigenvalue weighted by Gasteiger charge is 2.40. The molecule has 0 bridgehead atoms. The number of ether oxygens (including phenoxy) is 1. The Morgan fingerprint density at radius 2 is 1.92 bits per heavy atom. The third kappa shape index (κ3) is 6.03. The number of nitrogens with zero attached hydrogens (tertiary/aromatic N) is 2. The van der Waals surface area contributed by atoms with Gasteiger partial charge >= 0.3 is 5.97 Å². The molecule has 1 atom stereocenters. The molecule has 1 unspecified atom stereocenters. The fraction of sp³-hybridized carbons (Fsp3) is 0.484. The van der Waals surface area contributed by atoms with E-state index in [4.69, 9.17) is 4.74 Å². The lowest BCUT2D eigenvalue weighted by molar-refractivity contribution is -0.140. The number of hydrogen-bond donors (Lipinski definition) is 0. The van der Waals surface area contributed by atoms with Gasteiger partial charge in [0.15, 0.2) is 0 Å². The van der Waals surface area contributed by atoms with Crippen LogP contribution in [0.1, 0.15) is 78.7 Å². The van der Waals surface area contributed by atoms with Gasteiger partial charge in [-0.25, -0.2) is 4.79 Å². The highest BCUT2D eigenvalue weighted by molar-refractivity contribution is 9.10. The van der Waals surface area contributed by atoms with E-state index in [1.165, 1.54) is 22.0 Å². The molecule has 0 aromatic heterocycles. The van der Waals surface area contributed by atoms with Crippen molar-refractivity contribution in [1.82, 2.24) is 0 Å². The minimum atomic E-state index is -0.534. The summed E-state index contributed by atoms with van der Waals surface area (Å²) in [4.78, 5) is 15.1. The molecule has 0 fully saturated rings. The van der Waals surface area contributed by atoms with Crippen molar-refractivity contribution in [2.24, 2.45) is 5.92 Å². The second-order valence-electron chi connectivity index (χ2n) is 10.2. The zero-order valence-corrected chi connectivity index (χ0v) is 24.0. The number of carbonyl (C=O) groups excluding carboxylic acids is 1. The van der Waals surface area contributed by atoms with Crippen molar-refractivity contribution in [1.29, 1.82) is 5.26 Å². The van der Waals surface area contributed by atoms with Crippen LogP contribution in [-0.4, -0.2) is 19.1 Å². The number of carbonyl (C=O) groups is 1. The van der Waals surface area contributed by atoms with Gasteiger partial charge in [0.25, 0.3) is 0 Å². The Balaban J connectivity index is 1.96. The molecule has 2 aromatic carbocycles. The molecule has 0 saturated heterocycles. The first-order chi connectivity index (χ1) is 17.3. The van der Waals surface area contributed by atoms with Crippen LogP contribution in [0, 0.1) is 17.2 Å². The fourth-order valence-electron chi connectivity index (χ4n) is 5.10. The number of halogens is 1. The largest absolute Gasteiger partial charge is 0.461 e. The van der Waals surface area contributed by atoms with E-state index in [1.54, 1.807) is 6.08 Å². The number of benzene rings is 2. The number of fused-ring (bicyclic) bond motifs is 3. The summed E-state index contributed by atoms with van der Waals surface area (Å²) in [5.41, 5.74) is 3.34. The standard InChI is InChI=1S/C31H39BrN2O2/c1-6-9-11-22(8-3)21-36-30(35)24(20-33)13-17-28-31(4,5)29-26-15-14-25(32)19-23(26)12-16-27(29)34(28)18-10-7-2/h12-17,19,22H,6-11,18,21H2,1-5H3/b24-13+,28-17-. The monoisotopic (exact) mass is 550 g/mol. The molecule has 0 N–H and O–H groups in total. The fourth-order valence-corrected chi connectivity index (χ4v) is 5.48. The Morgan fingerprint density at radius 3 is 2.58 bits per heavy atom. The van der Waals surface area contributed by atoms with Crippen LogP contribution < -0.4 is 4.90 Å². The van der Waals surface area contributed by atoms with Crippen molar-refractivity contribution in [3.05, 3.63) is 63.8 Å². The molecule has 1 aliphatic heterocycles. The number of anilines is 1. The number of rotatable bonds is 11. The second kappa shape index (κ2) is 12.6. The van der Waals surface area contributed by atoms with Gasteiger partial charge in [0.2, 0.25) is 0 Å². The lowest BCUT2D eigenvalue weighted by atomic mass is 9.81. The lowest BCUT2D eigenvalue weighted by Crippen LogP contribution is -2.27. The van der Waals surface area contributed by atoms with Crippen molar-refractivity contribution in [2.45, 2.75) is 78.6 Å². The van der Waals surface area contributed by atoms with E-state index < -0.39 is 5.97 Å². The van der Waals surface area contributed by atoms with E-state index in [9.17, 15) is 10.1 Å². The van der Waals surface area contributed by atoms with E-state index in [0.717, 1.165) is 55.2 Å². The minimum absolute atomic E-state index is 0.0452. The zero-order valence-electron chi connectivity index (χ0n) is 22.4. The average molecular weight is 552 g/mol. The minimum Gasteiger partial charge on any atom is -0.461 e. The molecular weight excluding hydrogens is 512 g/mol. The third-order valence-electron chi connectivity index (χ3n) is 7.28. The first kappa shape index (κ1) is 28.0. The molecule has 4 nitrogen and oxygen atoms in total. The SMILES string of the molecule is CCCCC(CC)COC(=O)/C(C#N)=C/C=C1\N(CCCC)c2ccc3cc(Br)ccc3c2C1(C)C.